The number of carbonyl (C=O) groups excluding carboxylic acids is 1. The van der Waals surface area contributed by atoms with Crippen LogP contribution in [0.2, 0.25) is 0 Å². The van der Waals surface area contributed by atoms with Crippen molar-refractivity contribution < 1.29 is 27.4 Å². The number of alkyl halides is 3. The molecule has 1 fully saturated rings. The fraction of sp³-hybridized carbons (Fsp3) is 0.429. The predicted octanol–water partition coefficient (Wildman–Crippen LogP) is 4.93. The molecule has 3 heterocycles. The van der Waals surface area contributed by atoms with Gasteiger partial charge in [0.2, 0.25) is 5.91 Å². The van der Waals surface area contributed by atoms with Crippen LogP contribution < -0.4 is 4.74 Å². The molecular weight excluding hydrogens is 511 g/mol. The molecule has 5 rings (SSSR count). The summed E-state index contributed by atoms with van der Waals surface area (Å²) in [6.45, 7) is 2.70. The maximum atomic E-state index is 14.7. The van der Waals surface area contributed by atoms with Gasteiger partial charge in [0.15, 0.2) is 5.82 Å². The normalized spacial score (nSPS) is 20.8. The van der Waals surface area contributed by atoms with Gasteiger partial charge in [-0.25, -0.2) is 19.0 Å². The zero-order chi connectivity index (χ0) is 27.8. The Kier molecular flexibility index (Phi) is 7.44. The number of aromatic nitrogens is 4. The van der Waals surface area contributed by atoms with E-state index in [-0.39, 0.29) is 31.9 Å². The molecule has 2 aliphatic rings. The molecule has 1 unspecified atom stereocenters. The summed E-state index contributed by atoms with van der Waals surface area (Å²) in [5, 5.41) is 5.03. The summed E-state index contributed by atoms with van der Waals surface area (Å²) in [4.78, 5) is 23.2. The number of amides is 1. The number of hydrogen-bond donors (Lipinski definition) is 0. The molecular formula is C28H30F3N5O3. The highest BCUT2D eigenvalue weighted by Gasteiger charge is 2.37. The van der Waals surface area contributed by atoms with Crippen LogP contribution in [-0.4, -0.2) is 68.6 Å². The van der Waals surface area contributed by atoms with Crippen molar-refractivity contribution in [3.63, 3.8) is 0 Å². The lowest BCUT2D eigenvalue weighted by atomic mass is 9.87. The highest BCUT2D eigenvalue weighted by molar-refractivity contribution is 5.96. The van der Waals surface area contributed by atoms with Crippen LogP contribution in [0.5, 0.6) is 5.75 Å². The lowest BCUT2D eigenvalue weighted by Crippen LogP contribution is -2.38. The number of aryl methyl sites for hydroxylation is 2. The SMILES string of the molecule is CC1=C(COc2cccc3c(-c4ncnn4C)cc(C)nc23)C([C@H](C)N2C[C@@H](OC(F)F)CC2=O)=CC(F)C1. The van der Waals surface area contributed by atoms with Crippen molar-refractivity contribution in [1.29, 1.82) is 0 Å². The van der Waals surface area contributed by atoms with Gasteiger partial charge in [-0.2, -0.15) is 13.9 Å². The van der Waals surface area contributed by atoms with Crippen LogP contribution in [0, 0.1) is 6.92 Å². The molecule has 206 valence electrons. The minimum atomic E-state index is -2.96. The Hall–Kier alpha value is -3.73. The smallest absolute Gasteiger partial charge is 0.345 e. The summed E-state index contributed by atoms with van der Waals surface area (Å²) in [5.41, 5.74) is 4.52. The topological polar surface area (TPSA) is 82.4 Å². The van der Waals surface area contributed by atoms with E-state index in [1.54, 1.807) is 11.6 Å². The van der Waals surface area contributed by atoms with Crippen molar-refractivity contribution in [2.24, 2.45) is 7.05 Å². The second-order valence-electron chi connectivity index (χ2n) is 10.0. The molecule has 3 atom stereocenters. The molecule has 0 saturated carbocycles. The van der Waals surface area contributed by atoms with E-state index >= 15 is 0 Å². The van der Waals surface area contributed by atoms with Gasteiger partial charge in [-0.05, 0) is 50.1 Å². The second kappa shape index (κ2) is 10.8. The van der Waals surface area contributed by atoms with Crippen LogP contribution >= 0.6 is 0 Å². The first-order chi connectivity index (χ1) is 18.6. The van der Waals surface area contributed by atoms with Crippen LogP contribution in [0.3, 0.4) is 0 Å². The molecule has 1 aromatic carbocycles. The van der Waals surface area contributed by atoms with Gasteiger partial charge < -0.3 is 14.4 Å². The number of rotatable bonds is 8. The van der Waals surface area contributed by atoms with E-state index < -0.39 is 24.9 Å². The van der Waals surface area contributed by atoms with Crippen molar-refractivity contribution in [3.8, 4) is 17.1 Å². The Morgan fingerprint density at radius 3 is 2.72 bits per heavy atom. The van der Waals surface area contributed by atoms with Gasteiger partial charge in [0, 0.05) is 36.7 Å². The first kappa shape index (κ1) is 26.9. The highest BCUT2D eigenvalue weighted by Crippen LogP contribution is 2.36. The molecule has 1 aliphatic heterocycles. The lowest BCUT2D eigenvalue weighted by molar-refractivity contribution is -0.159. The van der Waals surface area contributed by atoms with E-state index in [9.17, 15) is 18.0 Å². The number of ether oxygens (including phenoxy) is 2. The summed E-state index contributed by atoms with van der Waals surface area (Å²) in [7, 11) is 1.82. The molecule has 0 radical (unpaired) electrons. The largest absolute Gasteiger partial charge is 0.487 e. The maximum Gasteiger partial charge on any atom is 0.345 e. The maximum absolute atomic E-state index is 14.7. The number of carbonyl (C=O) groups is 1. The van der Waals surface area contributed by atoms with Gasteiger partial charge in [-0.3, -0.25) is 4.79 Å². The number of allylic oxidation sites excluding steroid dienone is 2. The zero-order valence-corrected chi connectivity index (χ0v) is 22.2. The minimum Gasteiger partial charge on any atom is -0.487 e. The first-order valence-electron chi connectivity index (χ1n) is 12.8. The zero-order valence-electron chi connectivity index (χ0n) is 22.2. The van der Waals surface area contributed by atoms with Crippen LogP contribution in [0.1, 0.15) is 32.4 Å². The lowest BCUT2D eigenvalue weighted by Gasteiger charge is -2.32. The van der Waals surface area contributed by atoms with Crippen LogP contribution in [0.15, 0.2) is 53.4 Å². The Labute approximate surface area is 224 Å². The number of pyridine rings is 1. The Balaban J connectivity index is 1.43. The molecule has 11 heteroatoms. The summed E-state index contributed by atoms with van der Waals surface area (Å²) in [6.07, 6.45) is 0.961. The van der Waals surface area contributed by atoms with Crippen molar-refractivity contribution in [1.82, 2.24) is 24.6 Å². The molecule has 8 nitrogen and oxygen atoms in total. The average molecular weight is 542 g/mol. The van der Waals surface area contributed by atoms with E-state index in [1.807, 2.05) is 45.2 Å². The second-order valence-corrected chi connectivity index (χ2v) is 10.0. The van der Waals surface area contributed by atoms with E-state index in [2.05, 4.69) is 14.8 Å². The van der Waals surface area contributed by atoms with Crippen LogP contribution in [0.25, 0.3) is 22.3 Å². The van der Waals surface area contributed by atoms with E-state index in [0.717, 1.165) is 27.8 Å². The quantitative estimate of drug-likeness (QED) is 0.402. The van der Waals surface area contributed by atoms with Gasteiger partial charge in [-0.1, -0.05) is 17.7 Å². The number of hydrogen-bond acceptors (Lipinski definition) is 6. The Bertz CT molecular complexity index is 1470. The molecule has 3 aromatic rings. The summed E-state index contributed by atoms with van der Waals surface area (Å²) in [5.74, 6) is 0.945. The van der Waals surface area contributed by atoms with Gasteiger partial charge in [-0.15, -0.1) is 0 Å². The van der Waals surface area contributed by atoms with Gasteiger partial charge >= 0.3 is 6.61 Å². The van der Waals surface area contributed by atoms with E-state index in [0.29, 0.717) is 22.7 Å². The standard InChI is InChI=1S/C28H30F3N5O3/c1-15-8-18(29)10-21(17(3)36-12-19(11-25(36)37)39-28(30)31)23(15)13-38-24-7-5-6-20-22(9-16(2)34-26(20)24)27-32-14-33-35(27)4/h5-7,9-10,14,17-19,28H,8,11-13H2,1-4H3/t17-,18?,19-/m0/s1. The third-order valence-corrected chi connectivity index (χ3v) is 7.32. The number of fused-ring (bicyclic) bond motifs is 1. The number of likely N-dealkylation sites (tertiary alicyclic amines) is 1. The number of benzene rings is 1. The molecule has 39 heavy (non-hydrogen) atoms. The van der Waals surface area contributed by atoms with Crippen molar-refractivity contribution in [2.75, 3.05) is 13.2 Å². The van der Waals surface area contributed by atoms with Gasteiger partial charge in [0.25, 0.3) is 0 Å². The molecule has 1 saturated heterocycles. The molecule has 1 amide bonds. The van der Waals surface area contributed by atoms with Crippen LogP contribution in [0.4, 0.5) is 13.2 Å². The third kappa shape index (κ3) is 5.40. The summed E-state index contributed by atoms with van der Waals surface area (Å²) >= 11 is 0. The molecule has 2 aromatic heterocycles. The molecule has 0 spiro atoms. The van der Waals surface area contributed by atoms with Crippen molar-refractivity contribution in [3.05, 3.63) is 59.1 Å². The first-order valence-corrected chi connectivity index (χ1v) is 12.8. The molecule has 0 N–H and O–H groups in total. The third-order valence-electron chi connectivity index (χ3n) is 7.32. The Morgan fingerprint density at radius 1 is 1.21 bits per heavy atom. The molecule has 0 bridgehead atoms. The number of halogens is 3. The number of nitrogens with zero attached hydrogens (tertiary/aromatic N) is 5. The monoisotopic (exact) mass is 541 g/mol. The average Bonchev–Trinajstić information content (AvgIpc) is 3.46. The molecule has 1 aliphatic carbocycles. The van der Waals surface area contributed by atoms with Crippen molar-refractivity contribution in [2.45, 2.75) is 58.5 Å². The van der Waals surface area contributed by atoms with Gasteiger partial charge in [0.1, 0.15) is 30.4 Å². The highest BCUT2D eigenvalue weighted by atomic mass is 19.3. The summed E-state index contributed by atoms with van der Waals surface area (Å²) in [6, 6.07) is 7.06. The Morgan fingerprint density at radius 2 is 2.00 bits per heavy atom. The minimum absolute atomic E-state index is 0.0170. The van der Waals surface area contributed by atoms with Crippen LogP contribution in [-0.2, 0) is 16.6 Å². The fourth-order valence-electron chi connectivity index (χ4n) is 5.43. The summed E-state index contributed by atoms with van der Waals surface area (Å²) < 4.78 is 52.7. The fourth-order valence-corrected chi connectivity index (χ4v) is 5.43. The van der Waals surface area contributed by atoms with Crippen molar-refractivity contribution >= 4 is 16.8 Å². The van der Waals surface area contributed by atoms with E-state index in [1.165, 1.54) is 17.3 Å². The number of para-hydroxylation sites is 1. The van der Waals surface area contributed by atoms with Gasteiger partial charge in [0.05, 0.1) is 18.6 Å². The van der Waals surface area contributed by atoms with E-state index in [4.69, 9.17) is 9.72 Å². The predicted molar refractivity (Wildman–Crippen MR) is 139 cm³/mol.